The second-order valence-electron chi connectivity index (χ2n) is 6.82. The summed E-state index contributed by atoms with van der Waals surface area (Å²) in [6.45, 7) is 10.2. The van der Waals surface area contributed by atoms with E-state index in [4.69, 9.17) is 4.74 Å². The number of hydrogen-bond acceptors (Lipinski definition) is 4. The van der Waals surface area contributed by atoms with Crippen molar-refractivity contribution in [1.82, 2.24) is 0 Å². The largest absolute Gasteiger partial charge is 0.469 e. The van der Waals surface area contributed by atoms with Crippen LogP contribution in [-0.4, -0.2) is 19.0 Å². The lowest BCUT2D eigenvalue weighted by atomic mass is 9.95. The van der Waals surface area contributed by atoms with E-state index < -0.39 is 11.9 Å². The molecule has 4 nitrogen and oxygen atoms in total. The molecule has 0 atom stereocenters. The average Bonchev–Trinajstić information content (AvgIpc) is 2.55. The van der Waals surface area contributed by atoms with E-state index in [1.165, 1.54) is 29.4 Å². The molecule has 0 radical (unpaired) electrons. The zero-order valence-corrected chi connectivity index (χ0v) is 16.4. The summed E-state index contributed by atoms with van der Waals surface area (Å²) < 4.78 is 9.86. The fraction of sp³-hybridized carbons (Fsp3) is 0.364. The van der Waals surface area contributed by atoms with Gasteiger partial charge in [0, 0.05) is 0 Å². The van der Waals surface area contributed by atoms with E-state index in [0.717, 1.165) is 23.1 Å². The van der Waals surface area contributed by atoms with Crippen LogP contribution in [0.25, 0.3) is 0 Å². The lowest BCUT2D eigenvalue weighted by Crippen LogP contribution is -2.16. The lowest BCUT2D eigenvalue weighted by molar-refractivity contribution is -0.148. The Kier molecular flexibility index (Phi) is 6.19. The monoisotopic (exact) mass is 354 g/mol. The molecule has 0 aliphatic rings. The van der Waals surface area contributed by atoms with Gasteiger partial charge >= 0.3 is 11.9 Å². The molecule has 0 unspecified atom stereocenters. The van der Waals surface area contributed by atoms with Crippen molar-refractivity contribution in [2.24, 2.45) is 0 Å². The normalized spacial score (nSPS) is 10.5. The SMILES string of the molecule is COC(=O)CC(=O)Oc1c(C)cc(Cc2cc(C)c(C)c(C)c2)cc1C. The Morgan fingerprint density at radius 1 is 0.769 bits per heavy atom. The van der Waals surface area contributed by atoms with E-state index in [-0.39, 0.29) is 6.42 Å². The summed E-state index contributed by atoms with van der Waals surface area (Å²) in [7, 11) is 1.25. The number of aryl methyl sites for hydroxylation is 4. The predicted octanol–water partition coefficient (Wildman–Crippen LogP) is 4.29. The molecule has 26 heavy (non-hydrogen) atoms. The number of hydrogen-bond donors (Lipinski definition) is 0. The molecule has 0 aliphatic carbocycles. The van der Waals surface area contributed by atoms with Crippen LogP contribution in [0, 0.1) is 34.6 Å². The minimum Gasteiger partial charge on any atom is -0.469 e. The van der Waals surface area contributed by atoms with Gasteiger partial charge in [0.1, 0.15) is 12.2 Å². The van der Waals surface area contributed by atoms with Crippen molar-refractivity contribution in [2.45, 2.75) is 47.5 Å². The number of esters is 2. The minimum absolute atomic E-state index is 0.390. The van der Waals surface area contributed by atoms with Crippen LogP contribution in [-0.2, 0) is 20.7 Å². The van der Waals surface area contributed by atoms with Crippen molar-refractivity contribution >= 4 is 11.9 Å². The number of carbonyl (C=O) groups excluding carboxylic acids is 2. The van der Waals surface area contributed by atoms with Gasteiger partial charge in [0.25, 0.3) is 0 Å². The van der Waals surface area contributed by atoms with E-state index in [1.807, 2.05) is 26.0 Å². The fourth-order valence-corrected chi connectivity index (χ4v) is 3.11. The highest BCUT2D eigenvalue weighted by Gasteiger charge is 2.15. The van der Waals surface area contributed by atoms with E-state index in [9.17, 15) is 9.59 Å². The Balaban J connectivity index is 2.21. The molecular formula is C22H26O4. The number of rotatable bonds is 5. The smallest absolute Gasteiger partial charge is 0.322 e. The molecule has 0 N–H and O–H groups in total. The van der Waals surface area contributed by atoms with E-state index in [0.29, 0.717) is 5.75 Å². The van der Waals surface area contributed by atoms with Crippen molar-refractivity contribution in [3.8, 4) is 5.75 Å². The van der Waals surface area contributed by atoms with Gasteiger partial charge in [0.05, 0.1) is 7.11 Å². The maximum absolute atomic E-state index is 11.8. The zero-order valence-electron chi connectivity index (χ0n) is 16.4. The number of carbonyl (C=O) groups is 2. The highest BCUT2D eigenvalue weighted by molar-refractivity contribution is 5.92. The summed E-state index contributed by atoms with van der Waals surface area (Å²) in [6, 6.07) is 8.49. The molecule has 0 saturated heterocycles. The summed E-state index contributed by atoms with van der Waals surface area (Å²) in [5.41, 5.74) is 8.09. The van der Waals surface area contributed by atoms with Crippen molar-refractivity contribution in [2.75, 3.05) is 7.11 Å². The summed E-state index contributed by atoms with van der Waals surface area (Å²) in [5.74, 6) is -0.702. The third-order valence-electron chi connectivity index (χ3n) is 4.65. The number of methoxy groups -OCH3 is 1. The molecule has 2 aromatic rings. The molecule has 4 heteroatoms. The molecule has 0 saturated carbocycles. The van der Waals surface area contributed by atoms with Gasteiger partial charge in [-0.2, -0.15) is 0 Å². The summed E-state index contributed by atoms with van der Waals surface area (Å²) >= 11 is 0. The van der Waals surface area contributed by atoms with Crippen molar-refractivity contribution < 1.29 is 19.1 Å². The van der Waals surface area contributed by atoms with Gasteiger partial charge in [0.15, 0.2) is 0 Å². The van der Waals surface area contributed by atoms with Crippen LogP contribution < -0.4 is 4.74 Å². The Labute approximate surface area is 155 Å². The van der Waals surface area contributed by atoms with Gasteiger partial charge in [-0.25, -0.2) is 0 Å². The van der Waals surface area contributed by atoms with Crippen LogP contribution in [0.5, 0.6) is 5.75 Å². The van der Waals surface area contributed by atoms with Gasteiger partial charge in [0.2, 0.25) is 0 Å². The van der Waals surface area contributed by atoms with Crippen molar-refractivity contribution in [3.05, 3.63) is 63.2 Å². The molecular weight excluding hydrogens is 328 g/mol. The number of benzene rings is 2. The molecule has 0 amide bonds. The highest BCUT2D eigenvalue weighted by Crippen LogP contribution is 2.27. The highest BCUT2D eigenvalue weighted by atomic mass is 16.5. The summed E-state index contributed by atoms with van der Waals surface area (Å²) in [4.78, 5) is 23.0. The first-order chi connectivity index (χ1) is 12.2. The van der Waals surface area contributed by atoms with Gasteiger partial charge in [-0.1, -0.05) is 24.3 Å². The first kappa shape index (κ1) is 19.7. The van der Waals surface area contributed by atoms with E-state index in [1.54, 1.807) is 0 Å². The first-order valence-electron chi connectivity index (χ1n) is 8.65. The van der Waals surface area contributed by atoms with Crippen LogP contribution in [0.2, 0.25) is 0 Å². The Morgan fingerprint density at radius 2 is 1.23 bits per heavy atom. The molecule has 0 aromatic heterocycles. The second kappa shape index (κ2) is 8.17. The zero-order chi connectivity index (χ0) is 19.4. The van der Waals surface area contributed by atoms with Crippen LogP contribution >= 0.6 is 0 Å². The van der Waals surface area contributed by atoms with Crippen molar-refractivity contribution in [3.63, 3.8) is 0 Å². The summed E-state index contributed by atoms with van der Waals surface area (Å²) in [5, 5.41) is 0. The van der Waals surface area contributed by atoms with E-state index >= 15 is 0 Å². The maximum Gasteiger partial charge on any atom is 0.322 e. The minimum atomic E-state index is -0.611. The standard InChI is InChI=1S/C22H26O4/c1-13-7-18(8-14(2)17(13)5)11-19-9-15(3)22(16(4)10-19)26-21(24)12-20(23)25-6/h7-10H,11-12H2,1-6H3. The summed E-state index contributed by atoms with van der Waals surface area (Å²) in [6.07, 6.45) is 0.430. The Morgan fingerprint density at radius 3 is 1.69 bits per heavy atom. The van der Waals surface area contributed by atoms with Crippen LogP contribution in [0.3, 0.4) is 0 Å². The van der Waals surface area contributed by atoms with Gasteiger partial charge in [-0.3, -0.25) is 9.59 Å². The van der Waals surface area contributed by atoms with Crippen LogP contribution in [0.15, 0.2) is 24.3 Å². The second-order valence-corrected chi connectivity index (χ2v) is 6.82. The Bertz CT molecular complexity index is 803. The van der Waals surface area contributed by atoms with Gasteiger partial charge in [-0.05, 0) is 80.0 Å². The topological polar surface area (TPSA) is 52.6 Å². The first-order valence-corrected chi connectivity index (χ1v) is 8.65. The molecule has 0 bridgehead atoms. The molecule has 2 aromatic carbocycles. The molecule has 0 fully saturated rings. The molecule has 0 aliphatic heterocycles. The third-order valence-corrected chi connectivity index (χ3v) is 4.65. The van der Waals surface area contributed by atoms with Crippen molar-refractivity contribution in [1.29, 1.82) is 0 Å². The lowest BCUT2D eigenvalue weighted by Gasteiger charge is -2.14. The molecule has 2 rings (SSSR count). The predicted molar refractivity (Wildman–Crippen MR) is 102 cm³/mol. The molecule has 0 heterocycles. The molecule has 0 spiro atoms. The maximum atomic E-state index is 11.8. The third kappa shape index (κ3) is 4.72. The quantitative estimate of drug-likeness (QED) is 0.457. The fourth-order valence-electron chi connectivity index (χ4n) is 3.11. The molecule has 138 valence electrons. The van der Waals surface area contributed by atoms with E-state index in [2.05, 4.69) is 37.6 Å². The number of ether oxygens (including phenoxy) is 2. The van der Waals surface area contributed by atoms with Crippen LogP contribution in [0.4, 0.5) is 0 Å². The average molecular weight is 354 g/mol. The Hall–Kier alpha value is -2.62. The van der Waals surface area contributed by atoms with Gasteiger partial charge < -0.3 is 9.47 Å². The van der Waals surface area contributed by atoms with Crippen LogP contribution in [0.1, 0.15) is 45.4 Å². The van der Waals surface area contributed by atoms with Gasteiger partial charge in [-0.15, -0.1) is 0 Å².